The molecule has 0 aromatic carbocycles. The minimum Gasteiger partial charge on any atom is -0.463 e. The molecular weight excluding hydrogens is 228 g/mol. The molecule has 4 heteroatoms. The summed E-state index contributed by atoms with van der Waals surface area (Å²) >= 11 is 0. The minimum absolute atomic E-state index is 0.362. The normalized spacial score (nSPS) is 10.8. The van der Waals surface area contributed by atoms with Crippen LogP contribution < -0.4 is 5.73 Å². The van der Waals surface area contributed by atoms with E-state index in [1.54, 1.807) is 13.0 Å². The Morgan fingerprint density at radius 1 is 1.39 bits per heavy atom. The predicted octanol–water partition coefficient (Wildman–Crippen LogP) is 2.36. The number of nitrogens with two attached hydrogens (primary N) is 1. The number of hydrogen-bond donors (Lipinski definition) is 1. The van der Waals surface area contributed by atoms with Gasteiger partial charge in [-0.25, -0.2) is 4.79 Å². The van der Waals surface area contributed by atoms with Crippen LogP contribution in [0.1, 0.15) is 37.7 Å². The molecule has 4 nitrogen and oxygen atoms in total. The van der Waals surface area contributed by atoms with E-state index in [-0.39, 0.29) is 5.97 Å². The molecular formula is C14H20N2O2. The molecule has 1 rings (SSSR count). The van der Waals surface area contributed by atoms with Gasteiger partial charge >= 0.3 is 5.97 Å². The van der Waals surface area contributed by atoms with Crippen molar-refractivity contribution in [3.63, 3.8) is 0 Å². The predicted molar refractivity (Wildman–Crippen MR) is 73.1 cm³/mol. The quantitative estimate of drug-likeness (QED) is 0.641. The van der Waals surface area contributed by atoms with Gasteiger partial charge in [0, 0.05) is 28.7 Å². The number of anilines is 1. The molecule has 0 spiro atoms. The van der Waals surface area contributed by atoms with Crippen LogP contribution in [0.4, 0.5) is 5.69 Å². The second-order valence-electron chi connectivity index (χ2n) is 3.86. The highest BCUT2D eigenvalue weighted by Crippen LogP contribution is 2.19. The van der Waals surface area contributed by atoms with Crippen molar-refractivity contribution in [2.45, 2.75) is 33.6 Å². The topological polar surface area (TPSA) is 65.2 Å². The van der Waals surface area contributed by atoms with Crippen molar-refractivity contribution in [3.05, 3.63) is 29.1 Å². The van der Waals surface area contributed by atoms with Crippen LogP contribution in [0, 0.1) is 0 Å². The van der Waals surface area contributed by atoms with Gasteiger partial charge in [0.15, 0.2) is 0 Å². The summed E-state index contributed by atoms with van der Waals surface area (Å²) in [7, 11) is 0. The van der Waals surface area contributed by atoms with Gasteiger partial charge < -0.3 is 10.5 Å². The Morgan fingerprint density at radius 2 is 2.11 bits per heavy atom. The largest absolute Gasteiger partial charge is 0.463 e. The van der Waals surface area contributed by atoms with E-state index >= 15 is 0 Å². The third-order valence-corrected chi connectivity index (χ3v) is 2.59. The second-order valence-corrected chi connectivity index (χ2v) is 3.86. The number of esters is 1. The summed E-state index contributed by atoms with van der Waals surface area (Å²) in [6.45, 7) is 6.19. The molecule has 1 heterocycles. The summed E-state index contributed by atoms with van der Waals surface area (Å²) in [5, 5.41) is 0. The average molecular weight is 248 g/mol. The Hall–Kier alpha value is -1.84. The molecule has 2 N–H and O–H groups in total. The third kappa shape index (κ3) is 3.58. The molecule has 0 bridgehead atoms. The number of ether oxygens (including phenoxy) is 1. The number of nitrogen functional groups attached to an aromatic ring is 1. The lowest BCUT2D eigenvalue weighted by atomic mass is 10.1. The Bertz CT molecular complexity index is 453. The third-order valence-electron chi connectivity index (χ3n) is 2.59. The number of nitrogens with zero attached hydrogens (tertiary/aromatic N) is 1. The van der Waals surface area contributed by atoms with E-state index in [9.17, 15) is 4.79 Å². The number of pyridine rings is 1. The molecule has 18 heavy (non-hydrogen) atoms. The number of carbonyl (C=O) groups is 1. The van der Waals surface area contributed by atoms with Crippen LogP contribution in [-0.2, 0) is 22.4 Å². The van der Waals surface area contributed by atoms with E-state index < -0.39 is 0 Å². The van der Waals surface area contributed by atoms with E-state index in [1.807, 2.05) is 19.9 Å². The van der Waals surface area contributed by atoms with Gasteiger partial charge in [-0.3, -0.25) is 4.98 Å². The molecule has 0 saturated heterocycles. The Morgan fingerprint density at radius 3 is 2.67 bits per heavy atom. The Labute approximate surface area is 108 Å². The first-order chi connectivity index (χ1) is 8.62. The summed E-state index contributed by atoms with van der Waals surface area (Å²) in [4.78, 5) is 15.8. The van der Waals surface area contributed by atoms with Gasteiger partial charge in [-0.15, -0.1) is 0 Å². The SMILES string of the molecule is CCOC(=O)C=Cc1c(N)cc(CC)nc1CC. The molecule has 0 unspecified atom stereocenters. The minimum atomic E-state index is -0.362. The van der Waals surface area contributed by atoms with Crippen molar-refractivity contribution < 1.29 is 9.53 Å². The molecule has 0 saturated carbocycles. The highest BCUT2D eigenvalue weighted by atomic mass is 16.5. The first-order valence-corrected chi connectivity index (χ1v) is 6.25. The maximum Gasteiger partial charge on any atom is 0.330 e. The molecule has 0 fully saturated rings. The van der Waals surface area contributed by atoms with Crippen molar-refractivity contribution in [1.82, 2.24) is 4.98 Å². The zero-order valence-corrected chi connectivity index (χ0v) is 11.2. The lowest BCUT2D eigenvalue weighted by Crippen LogP contribution is -2.03. The average Bonchev–Trinajstić information content (AvgIpc) is 2.36. The molecule has 0 aliphatic carbocycles. The first kappa shape index (κ1) is 14.2. The lowest BCUT2D eigenvalue weighted by Gasteiger charge is -2.09. The van der Waals surface area contributed by atoms with Crippen molar-refractivity contribution in [2.24, 2.45) is 0 Å². The molecule has 0 radical (unpaired) electrons. The van der Waals surface area contributed by atoms with Crippen LogP contribution in [0.15, 0.2) is 12.1 Å². The van der Waals surface area contributed by atoms with Crippen LogP contribution in [0.3, 0.4) is 0 Å². The smallest absolute Gasteiger partial charge is 0.330 e. The number of aromatic nitrogens is 1. The first-order valence-electron chi connectivity index (χ1n) is 6.25. The molecule has 0 amide bonds. The van der Waals surface area contributed by atoms with Gasteiger partial charge in [0.2, 0.25) is 0 Å². The van der Waals surface area contributed by atoms with E-state index in [2.05, 4.69) is 4.98 Å². The van der Waals surface area contributed by atoms with Crippen molar-refractivity contribution in [2.75, 3.05) is 12.3 Å². The second kappa shape index (κ2) is 6.79. The molecule has 0 atom stereocenters. The summed E-state index contributed by atoms with van der Waals surface area (Å²) in [5.74, 6) is -0.362. The highest BCUT2D eigenvalue weighted by molar-refractivity contribution is 5.88. The fourth-order valence-corrected chi connectivity index (χ4v) is 1.67. The number of carbonyl (C=O) groups excluding carboxylic acids is 1. The molecule has 0 aliphatic heterocycles. The summed E-state index contributed by atoms with van der Waals surface area (Å²) in [6, 6.07) is 1.85. The maximum atomic E-state index is 11.3. The summed E-state index contributed by atoms with van der Waals surface area (Å²) in [5.41, 5.74) is 9.33. The fourth-order valence-electron chi connectivity index (χ4n) is 1.67. The van der Waals surface area contributed by atoms with Crippen LogP contribution in [0.25, 0.3) is 6.08 Å². The molecule has 1 aromatic rings. The van der Waals surface area contributed by atoms with Gasteiger partial charge in [-0.05, 0) is 31.9 Å². The monoisotopic (exact) mass is 248 g/mol. The number of rotatable bonds is 5. The van der Waals surface area contributed by atoms with E-state index in [1.165, 1.54) is 6.08 Å². The van der Waals surface area contributed by atoms with Crippen molar-refractivity contribution in [3.8, 4) is 0 Å². The maximum absolute atomic E-state index is 11.3. The van der Waals surface area contributed by atoms with Crippen LogP contribution >= 0.6 is 0 Å². The van der Waals surface area contributed by atoms with Gasteiger partial charge in [0.1, 0.15) is 0 Å². The van der Waals surface area contributed by atoms with Crippen molar-refractivity contribution in [1.29, 1.82) is 0 Å². The van der Waals surface area contributed by atoms with Crippen LogP contribution in [0.5, 0.6) is 0 Å². The van der Waals surface area contributed by atoms with Crippen molar-refractivity contribution >= 4 is 17.7 Å². The molecule has 98 valence electrons. The number of hydrogen-bond acceptors (Lipinski definition) is 4. The van der Waals surface area contributed by atoms with Gasteiger partial charge in [-0.1, -0.05) is 13.8 Å². The summed E-state index contributed by atoms with van der Waals surface area (Å²) < 4.78 is 4.83. The molecule has 0 aliphatic rings. The zero-order chi connectivity index (χ0) is 13.5. The van der Waals surface area contributed by atoms with Gasteiger partial charge in [0.25, 0.3) is 0 Å². The van der Waals surface area contributed by atoms with E-state index in [4.69, 9.17) is 10.5 Å². The zero-order valence-electron chi connectivity index (χ0n) is 11.2. The lowest BCUT2D eigenvalue weighted by molar-refractivity contribution is -0.137. The standard InChI is InChI=1S/C14H20N2O2/c1-4-10-9-12(15)11(13(5-2)16-10)7-8-14(17)18-6-3/h7-9H,4-6H2,1-3H3,(H2,15,16). The Kier molecular flexibility index (Phi) is 5.36. The number of aryl methyl sites for hydroxylation is 2. The van der Waals surface area contributed by atoms with Gasteiger partial charge in [-0.2, -0.15) is 0 Å². The van der Waals surface area contributed by atoms with E-state index in [0.717, 1.165) is 29.8 Å². The van der Waals surface area contributed by atoms with E-state index in [0.29, 0.717) is 12.3 Å². The highest BCUT2D eigenvalue weighted by Gasteiger charge is 2.07. The fraction of sp³-hybridized carbons (Fsp3) is 0.429. The van der Waals surface area contributed by atoms with Gasteiger partial charge in [0.05, 0.1) is 6.61 Å². The van der Waals surface area contributed by atoms with Crippen LogP contribution in [-0.4, -0.2) is 17.6 Å². The molecule has 1 aromatic heterocycles. The Balaban J connectivity index is 3.04. The summed E-state index contributed by atoms with van der Waals surface area (Å²) in [6.07, 6.45) is 4.69. The van der Waals surface area contributed by atoms with Crippen LogP contribution in [0.2, 0.25) is 0 Å².